The lowest BCUT2D eigenvalue weighted by Crippen LogP contribution is -2.43. The number of H-pyrrole nitrogens is 1. The molecule has 0 bridgehead atoms. The maximum absolute atomic E-state index is 12.7. The molecule has 3 rings (SSSR count). The number of esters is 1. The monoisotopic (exact) mass is 344 g/mol. The molecule has 25 heavy (non-hydrogen) atoms. The van der Waals surface area contributed by atoms with Crippen LogP contribution >= 0.6 is 0 Å². The molecule has 8 heteroatoms. The van der Waals surface area contributed by atoms with E-state index >= 15 is 0 Å². The van der Waals surface area contributed by atoms with Crippen molar-refractivity contribution in [1.29, 1.82) is 0 Å². The van der Waals surface area contributed by atoms with Crippen molar-refractivity contribution in [3.05, 3.63) is 46.6 Å². The number of aromatic nitrogens is 3. The average molecular weight is 344 g/mol. The van der Waals surface area contributed by atoms with Gasteiger partial charge in [0.15, 0.2) is 0 Å². The Morgan fingerprint density at radius 3 is 2.80 bits per heavy atom. The lowest BCUT2D eigenvalue weighted by Gasteiger charge is -2.30. The number of carbonyl (C=O) groups is 2. The number of piperidine rings is 1. The van der Waals surface area contributed by atoms with Gasteiger partial charge < -0.3 is 9.64 Å². The van der Waals surface area contributed by atoms with Gasteiger partial charge in [0.05, 0.1) is 18.2 Å². The first-order chi connectivity index (χ1) is 12.1. The first-order valence-electron chi connectivity index (χ1n) is 8.31. The number of hydrogen-bond acceptors (Lipinski definition) is 5. The number of hydrogen-bond donors (Lipinski definition) is 1. The summed E-state index contributed by atoms with van der Waals surface area (Å²) in [6.45, 7) is 2.87. The molecule has 1 saturated heterocycles. The summed E-state index contributed by atoms with van der Waals surface area (Å²) in [7, 11) is 0. The SMILES string of the molecule is CCOC(=O)C1CCCN(C(=O)c2nn(-c3ccccc3)c(=O)[nH]2)C1. The Hall–Kier alpha value is -2.90. The number of nitrogens with zero attached hydrogens (tertiary/aromatic N) is 3. The van der Waals surface area contributed by atoms with Crippen LogP contribution in [0.25, 0.3) is 5.69 Å². The van der Waals surface area contributed by atoms with E-state index < -0.39 is 5.69 Å². The van der Waals surface area contributed by atoms with Crippen LogP contribution in [0.2, 0.25) is 0 Å². The molecular weight excluding hydrogens is 324 g/mol. The zero-order chi connectivity index (χ0) is 17.8. The molecule has 1 aliphatic heterocycles. The summed E-state index contributed by atoms with van der Waals surface area (Å²) >= 11 is 0. The number of likely N-dealkylation sites (tertiary alicyclic amines) is 1. The third-order valence-electron chi connectivity index (χ3n) is 4.15. The molecule has 8 nitrogen and oxygen atoms in total. The predicted molar refractivity (Wildman–Crippen MR) is 89.4 cm³/mol. The van der Waals surface area contributed by atoms with Crippen molar-refractivity contribution in [2.75, 3.05) is 19.7 Å². The Balaban J connectivity index is 1.77. The molecule has 0 spiro atoms. The molecule has 1 atom stereocenters. The maximum atomic E-state index is 12.7. The van der Waals surface area contributed by atoms with E-state index in [9.17, 15) is 14.4 Å². The molecule has 1 amide bonds. The summed E-state index contributed by atoms with van der Waals surface area (Å²) in [5, 5.41) is 4.10. The van der Waals surface area contributed by atoms with Crippen molar-refractivity contribution < 1.29 is 14.3 Å². The maximum Gasteiger partial charge on any atom is 0.348 e. The van der Waals surface area contributed by atoms with Crippen molar-refractivity contribution in [2.45, 2.75) is 19.8 Å². The molecule has 132 valence electrons. The molecule has 1 N–H and O–H groups in total. The van der Waals surface area contributed by atoms with E-state index in [-0.39, 0.29) is 30.2 Å². The second-order valence-corrected chi connectivity index (χ2v) is 5.87. The zero-order valence-electron chi connectivity index (χ0n) is 14.0. The van der Waals surface area contributed by atoms with Crippen molar-refractivity contribution in [2.24, 2.45) is 5.92 Å². The highest BCUT2D eigenvalue weighted by Gasteiger charge is 2.31. The van der Waals surface area contributed by atoms with Crippen LogP contribution < -0.4 is 5.69 Å². The second-order valence-electron chi connectivity index (χ2n) is 5.87. The van der Waals surface area contributed by atoms with E-state index in [0.717, 1.165) is 4.68 Å². The van der Waals surface area contributed by atoms with Gasteiger partial charge in [-0.3, -0.25) is 14.6 Å². The minimum absolute atomic E-state index is 0.0293. The molecule has 0 saturated carbocycles. The molecule has 1 aromatic heterocycles. The van der Waals surface area contributed by atoms with Gasteiger partial charge in [-0.05, 0) is 31.9 Å². The molecule has 1 aromatic carbocycles. The van der Waals surface area contributed by atoms with Crippen LogP contribution in [-0.4, -0.2) is 51.2 Å². The quantitative estimate of drug-likeness (QED) is 0.834. The summed E-state index contributed by atoms with van der Waals surface area (Å²) in [5.41, 5.74) is 0.0966. The van der Waals surface area contributed by atoms with Gasteiger partial charge >= 0.3 is 11.7 Å². The molecular formula is C17H20N4O4. The molecule has 2 heterocycles. The number of carbonyl (C=O) groups excluding carboxylic acids is 2. The number of ether oxygens (including phenoxy) is 1. The minimum Gasteiger partial charge on any atom is -0.466 e. The third kappa shape index (κ3) is 3.62. The molecule has 2 aromatic rings. The second kappa shape index (κ2) is 7.33. The number of nitrogens with one attached hydrogen (secondary N) is 1. The summed E-state index contributed by atoms with van der Waals surface area (Å²) in [4.78, 5) is 40.7. The van der Waals surface area contributed by atoms with Crippen LogP contribution in [0.3, 0.4) is 0 Å². The topological polar surface area (TPSA) is 97.3 Å². The third-order valence-corrected chi connectivity index (χ3v) is 4.15. The van der Waals surface area contributed by atoms with E-state index in [1.54, 1.807) is 36.1 Å². The van der Waals surface area contributed by atoms with Crippen LogP contribution in [-0.2, 0) is 9.53 Å². The first kappa shape index (κ1) is 16.9. The van der Waals surface area contributed by atoms with Crippen LogP contribution in [0.5, 0.6) is 0 Å². The molecule has 1 unspecified atom stereocenters. The smallest absolute Gasteiger partial charge is 0.348 e. The number of benzene rings is 1. The van der Waals surface area contributed by atoms with Crippen molar-refractivity contribution in [3.63, 3.8) is 0 Å². The lowest BCUT2D eigenvalue weighted by molar-refractivity contribution is -0.149. The highest BCUT2D eigenvalue weighted by molar-refractivity contribution is 5.90. The number of aromatic amines is 1. The van der Waals surface area contributed by atoms with Gasteiger partial charge in [0.2, 0.25) is 5.82 Å². The molecule has 1 fully saturated rings. The Morgan fingerprint density at radius 2 is 2.08 bits per heavy atom. The van der Waals surface area contributed by atoms with E-state index in [1.807, 2.05) is 6.07 Å². The average Bonchev–Trinajstić information content (AvgIpc) is 3.04. The van der Waals surface area contributed by atoms with Gasteiger partial charge in [-0.2, -0.15) is 4.68 Å². The van der Waals surface area contributed by atoms with Gasteiger partial charge in [0.25, 0.3) is 5.91 Å². The number of para-hydroxylation sites is 1. The fourth-order valence-electron chi connectivity index (χ4n) is 2.93. The Morgan fingerprint density at radius 1 is 1.32 bits per heavy atom. The Kier molecular flexibility index (Phi) is 4.97. The summed E-state index contributed by atoms with van der Waals surface area (Å²) < 4.78 is 6.19. The van der Waals surface area contributed by atoms with Gasteiger partial charge in [0.1, 0.15) is 0 Å². The molecule has 0 aliphatic carbocycles. The van der Waals surface area contributed by atoms with Crippen LogP contribution in [0.1, 0.15) is 30.4 Å². The summed E-state index contributed by atoms with van der Waals surface area (Å²) in [6, 6.07) is 8.86. The van der Waals surface area contributed by atoms with Crippen molar-refractivity contribution in [3.8, 4) is 5.69 Å². The summed E-state index contributed by atoms with van der Waals surface area (Å²) in [5.74, 6) is -1.04. The lowest BCUT2D eigenvalue weighted by atomic mass is 9.98. The molecule has 0 radical (unpaired) electrons. The fourth-order valence-corrected chi connectivity index (χ4v) is 2.93. The molecule has 1 aliphatic rings. The van der Waals surface area contributed by atoms with Gasteiger partial charge in [-0.15, -0.1) is 5.10 Å². The van der Waals surface area contributed by atoms with E-state index in [2.05, 4.69) is 10.1 Å². The Labute approximate surface area is 144 Å². The standard InChI is InChI=1S/C17H20N4O4/c1-2-25-16(23)12-7-6-10-20(11-12)15(22)14-18-17(24)21(19-14)13-8-4-3-5-9-13/h3-5,8-9,12H,2,6-7,10-11H2,1H3,(H,18,19,24). The van der Waals surface area contributed by atoms with E-state index in [1.165, 1.54) is 0 Å². The number of amides is 1. The zero-order valence-corrected chi connectivity index (χ0v) is 14.0. The highest BCUT2D eigenvalue weighted by Crippen LogP contribution is 2.19. The van der Waals surface area contributed by atoms with Gasteiger partial charge in [-0.25, -0.2) is 4.79 Å². The Bertz CT molecular complexity index is 812. The van der Waals surface area contributed by atoms with Crippen LogP contribution in [0.4, 0.5) is 0 Å². The minimum atomic E-state index is -0.478. The van der Waals surface area contributed by atoms with Crippen molar-refractivity contribution in [1.82, 2.24) is 19.7 Å². The van der Waals surface area contributed by atoms with E-state index in [0.29, 0.717) is 31.7 Å². The first-order valence-corrected chi connectivity index (χ1v) is 8.31. The van der Waals surface area contributed by atoms with Gasteiger partial charge in [-0.1, -0.05) is 18.2 Å². The largest absolute Gasteiger partial charge is 0.466 e. The highest BCUT2D eigenvalue weighted by atomic mass is 16.5. The van der Waals surface area contributed by atoms with E-state index in [4.69, 9.17) is 4.74 Å². The predicted octanol–water partition coefficient (Wildman–Crippen LogP) is 0.976. The van der Waals surface area contributed by atoms with Crippen molar-refractivity contribution >= 4 is 11.9 Å². The summed E-state index contributed by atoms with van der Waals surface area (Å²) in [6.07, 6.45) is 1.40. The fraction of sp³-hybridized carbons (Fsp3) is 0.412. The van der Waals surface area contributed by atoms with Crippen LogP contribution in [0, 0.1) is 5.92 Å². The number of rotatable bonds is 4. The van der Waals surface area contributed by atoms with Crippen LogP contribution in [0.15, 0.2) is 35.1 Å². The van der Waals surface area contributed by atoms with Gasteiger partial charge in [0, 0.05) is 13.1 Å². The normalized spacial score (nSPS) is 17.3.